The van der Waals surface area contributed by atoms with Gasteiger partial charge in [-0.3, -0.25) is 14.6 Å². The minimum atomic E-state index is -0.625. The summed E-state index contributed by atoms with van der Waals surface area (Å²) in [6.45, 7) is 0. The van der Waals surface area contributed by atoms with Crippen LogP contribution in [0.15, 0.2) is 61.1 Å². The van der Waals surface area contributed by atoms with E-state index in [-0.39, 0.29) is 23.2 Å². The number of imidazole rings is 1. The Labute approximate surface area is 237 Å². The number of carbonyl (C=O) groups is 2. The second-order valence-corrected chi connectivity index (χ2v) is 11.0. The SMILES string of the molecule is N[C@H](C(=O)CC1CCC(Nc2cc(NC3CC3)c3ncc(C(=O)Nc4ccncc4F)n3n2)CC1)c1ccccc1. The van der Waals surface area contributed by atoms with Crippen molar-refractivity contribution < 1.29 is 14.0 Å². The zero-order valence-electron chi connectivity index (χ0n) is 22.6. The van der Waals surface area contributed by atoms with E-state index in [1.165, 1.54) is 23.0 Å². The summed E-state index contributed by atoms with van der Waals surface area (Å²) < 4.78 is 15.6. The Kier molecular flexibility index (Phi) is 7.60. The number of Topliss-reactive ketones (excluding diaryl/α,β-unsaturated/α-hetero) is 1. The van der Waals surface area contributed by atoms with Gasteiger partial charge in [0, 0.05) is 30.8 Å². The van der Waals surface area contributed by atoms with Gasteiger partial charge in [-0.15, -0.1) is 5.10 Å². The molecule has 0 aliphatic heterocycles. The lowest BCUT2D eigenvalue weighted by Gasteiger charge is -2.29. The van der Waals surface area contributed by atoms with Crippen molar-refractivity contribution in [1.29, 1.82) is 0 Å². The second kappa shape index (κ2) is 11.6. The highest BCUT2D eigenvalue weighted by Crippen LogP contribution is 2.32. The van der Waals surface area contributed by atoms with Gasteiger partial charge >= 0.3 is 0 Å². The first-order chi connectivity index (χ1) is 19.9. The molecular formula is C30H33FN8O2. The molecule has 1 atom stereocenters. The monoisotopic (exact) mass is 556 g/mol. The third kappa shape index (κ3) is 6.19. The van der Waals surface area contributed by atoms with Crippen LogP contribution in [0.1, 0.15) is 67.0 Å². The molecule has 41 heavy (non-hydrogen) atoms. The average molecular weight is 557 g/mol. The van der Waals surface area contributed by atoms with Gasteiger partial charge < -0.3 is 21.7 Å². The van der Waals surface area contributed by atoms with Crippen molar-refractivity contribution in [3.63, 3.8) is 0 Å². The molecule has 11 heteroatoms. The molecule has 5 N–H and O–H groups in total. The fourth-order valence-electron chi connectivity index (χ4n) is 5.39. The maximum atomic E-state index is 14.1. The van der Waals surface area contributed by atoms with Gasteiger partial charge in [0.15, 0.2) is 22.9 Å². The Hall–Kier alpha value is -4.38. The van der Waals surface area contributed by atoms with Gasteiger partial charge in [-0.25, -0.2) is 13.9 Å². The van der Waals surface area contributed by atoms with Crippen molar-refractivity contribution >= 4 is 34.5 Å². The number of anilines is 3. The fraction of sp³-hybridized carbons (Fsp3) is 0.367. The minimum absolute atomic E-state index is 0.0329. The van der Waals surface area contributed by atoms with Crippen LogP contribution in [0.4, 0.5) is 21.6 Å². The van der Waals surface area contributed by atoms with E-state index in [1.54, 1.807) is 0 Å². The van der Waals surface area contributed by atoms with Gasteiger partial charge in [0.25, 0.3) is 5.91 Å². The van der Waals surface area contributed by atoms with Crippen LogP contribution in [0.5, 0.6) is 0 Å². The number of nitrogens with zero attached hydrogens (tertiary/aromatic N) is 4. The zero-order valence-corrected chi connectivity index (χ0v) is 22.6. The summed E-state index contributed by atoms with van der Waals surface area (Å²) in [5.41, 5.74) is 8.61. The maximum Gasteiger partial charge on any atom is 0.276 e. The molecule has 2 aliphatic rings. The van der Waals surface area contributed by atoms with E-state index in [9.17, 15) is 14.0 Å². The number of ketones is 1. The number of halogens is 1. The molecule has 3 heterocycles. The van der Waals surface area contributed by atoms with Gasteiger partial charge in [-0.1, -0.05) is 30.3 Å². The maximum absolute atomic E-state index is 14.1. The highest BCUT2D eigenvalue weighted by atomic mass is 19.1. The summed E-state index contributed by atoms with van der Waals surface area (Å²) in [5.74, 6) is -0.152. The number of hydrogen-bond donors (Lipinski definition) is 4. The van der Waals surface area contributed by atoms with E-state index in [4.69, 9.17) is 10.8 Å². The standard InChI is InChI=1S/C30H33FN8O2/c31-22-16-33-13-12-23(22)37-30(41)25-17-34-29-24(35-20-10-11-20)15-27(38-39(25)29)36-21-8-6-18(7-9-21)14-26(40)28(32)19-4-2-1-3-5-19/h1-5,12-13,15-18,20-21,28,35H,6-11,14,32H2,(H,36,38)(H,33,37,41)/t18?,21?,28-/m0/s1. The lowest BCUT2D eigenvalue weighted by molar-refractivity contribution is -0.121. The predicted octanol–water partition coefficient (Wildman–Crippen LogP) is 4.72. The lowest BCUT2D eigenvalue weighted by Crippen LogP contribution is -2.30. The second-order valence-electron chi connectivity index (χ2n) is 11.0. The smallest absolute Gasteiger partial charge is 0.276 e. The number of aromatic nitrogens is 4. The summed E-state index contributed by atoms with van der Waals surface area (Å²) in [5, 5.41) is 14.3. The molecule has 2 saturated carbocycles. The van der Waals surface area contributed by atoms with E-state index >= 15 is 0 Å². The molecule has 212 valence electrons. The van der Waals surface area contributed by atoms with Crippen LogP contribution >= 0.6 is 0 Å². The largest absolute Gasteiger partial charge is 0.379 e. The molecule has 2 aliphatic carbocycles. The van der Waals surface area contributed by atoms with Crippen LogP contribution in [0, 0.1) is 11.7 Å². The van der Waals surface area contributed by atoms with Gasteiger partial charge in [0.2, 0.25) is 0 Å². The number of benzene rings is 1. The number of fused-ring (bicyclic) bond motifs is 1. The molecule has 1 amide bonds. The molecule has 2 fully saturated rings. The summed E-state index contributed by atoms with van der Waals surface area (Å²) in [6, 6.07) is 12.8. The Bertz CT molecular complexity index is 1550. The Morgan fingerprint density at radius 3 is 2.44 bits per heavy atom. The quantitative estimate of drug-likeness (QED) is 0.220. The highest BCUT2D eigenvalue weighted by molar-refractivity contribution is 6.03. The predicted molar refractivity (Wildman–Crippen MR) is 154 cm³/mol. The number of nitrogens with two attached hydrogens (primary N) is 1. The molecule has 1 aromatic carbocycles. The van der Waals surface area contributed by atoms with E-state index < -0.39 is 17.8 Å². The van der Waals surface area contributed by atoms with Crippen LogP contribution in [0.2, 0.25) is 0 Å². The molecule has 6 rings (SSSR count). The summed E-state index contributed by atoms with van der Waals surface area (Å²) in [7, 11) is 0. The van der Waals surface area contributed by atoms with Crippen LogP contribution in [0.3, 0.4) is 0 Å². The topological polar surface area (TPSA) is 139 Å². The van der Waals surface area contributed by atoms with E-state index in [0.29, 0.717) is 29.8 Å². The lowest BCUT2D eigenvalue weighted by atomic mass is 9.82. The number of amides is 1. The Balaban J connectivity index is 1.14. The van der Waals surface area contributed by atoms with Crippen molar-refractivity contribution in [3.8, 4) is 0 Å². The zero-order chi connectivity index (χ0) is 28.3. The number of hydrogen-bond acceptors (Lipinski definition) is 8. The molecule has 0 bridgehead atoms. The van der Waals surface area contributed by atoms with E-state index in [1.807, 2.05) is 36.4 Å². The molecule has 0 unspecified atom stereocenters. The Morgan fingerprint density at radius 2 is 1.71 bits per heavy atom. The van der Waals surface area contributed by atoms with Crippen LogP contribution < -0.4 is 21.7 Å². The van der Waals surface area contributed by atoms with Crippen LogP contribution in [-0.2, 0) is 4.79 Å². The molecule has 0 radical (unpaired) electrons. The molecular weight excluding hydrogens is 523 g/mol. The minimum Gasteiger partial charge on any atom is -0.379 e. The first kappa shape index (κ1) is 26.8. The normalized spacial score (nSPS) is 19.5. The number of pyridine rings is 1. The number of nitrogens with one attached hydrogen (secondary N) is 3. The van der Waals surface area contributed by atoms with Crippen molar-refractivity contribution in [2.45, 2.75) is 63.1 Å². The summed E-state index contributed by atoms with van der Waals surface area (Å²) >= 11 is 0. The van der Waals surface area contributed by atoms with Gasteiger partial charge in [-0.2, -0.15) is 0 Å². The first-order valence-electron chi connectivity index (χ1n) is 14.1. The van der Waals surface area contributed by atoms with Gasteiger partial charge in [-0.05, 0) is 56.1 Å². The summed E-state index contributed by atoms with van der Waals surface area (Å²) in [6.07, 6.45) is 10.1. The van der Waals surface area contributed by atoms with E-state index in [2.05, 4.69) is 25.9 Å². The van der Waals surface area contributed by atoms with Gasteiger partial charge in [0.1, 0.15) is 5.82 Å². The highest BCUT2D eigenvalue weighted by Gasteiger charge is 2.28. The van der Waals surface area contributed by atoms with Crippen molar-refractivity contribution in [3.05, 3.63) is 78.1 Å². The van der Waals surface area contributed by atoms with Crippen molar-refractivity contribution in [2.75, 3.05) is 16.0 Å². The van der Waals surface area contributed by atoms with Crippen LogP contribution in [0.25, 0.3) is 5.65 Å². The summed E-state index contributed by atoms with van der Waals surface area (Å²) in [4.78, 5) is 34.1. The molecule has 4 aromatic rings. The van der Waals surface area contributed by atoms with Crippen LogP contribution in [-0.4, -0.2) is 43.4 Å². The number of carbonyl (C=O) groups excluding carboxylic acids is 2. The van der Waals surface area contributed by atoms with E-state index in [0.717, 1.165) is 56.0 Å². The average Bonchev–Trinajstić information content (AvgIpc) is 3.70. The van der Waals surface area contributed by atoms with Gasteiger partial charge in [0.05, 0.1) is 29.8 Å². The molecule has 3 aromatic heterocycles. The third-order valence-corrected chi connectivity index (χ3v) is 7.85. The molecule has 0 spiro atoms. The van der Waals surface area contributed by atoms with Crippen molar-refractivity contribution in [1.82, 2.24) is 19.6 Å². The number of rotatable bonds is 10. The molecule has 10 nitrogen and oxygen atoms in total. The third-order valence-electron chi connectivity index (χ3n) is 7.85. The van der Waals surface area contributed by atoms with Crippen molar-refractivity contribution in [2.24, 2.45) is 11.7 Å². The fourth-order valence-corrected chi connectivity index (χ4v) is 5.39. The molecule has 0 saturated heterocycles. The Morgan fingerprint density at radius 1 is 0.976 bits per heavy atom. The first-order valence-corrected chi connectivity index (χ1v) is 14.1.